The average Bonchev–Trinajstić information content (AvgIpc) is 2.90. The van der Waals surface area contributed by atoms with Gasteiger partial charge in [-0.05, 0) is 31.9 Å². The smallest absolute Gasteiger partial charge is 0.192 e. The van der Waals surface area contributed by atoms with E-state index in [1.165, 1.54) is 31.4 Å². The molecular weight excluding hydrogens is 320 g/mol. The standard InChI is InChI=1S/C17H30N6S/c1-5-10-18-17(19-12-16-22-21-13(3)23(16)4)20-14-8-7-9-15(11-14)24-6-2/h5,14-15H,1,6-12H2,2-4H3,(H2,18,19,20). The third-order valence-corrected chi connectivity index (χ3v) is 5.58. The molecule has 7 heteroatoms. The first-order chi connectivity index (χ1) is 11.6. The zero-order valence-electron chi connectivity index (χ0n) is 15.1. The van der Waals surface area contributed by atoms with E-state index in [2.05, 4.69) is 51.1 Å². The lowest BCUT2D eigenvalue weighted by Gasteiger charge is -2.30. The van der Waals surface area contributed by atoms with Crippen molar-refractivity contribution < 1.29 is 0 Å². The van der Waals surface area contributed by atoms with Crippen LogP contribution in [0.1, 0.15) is 44.3 Å². The fraction of sp³-hybridized carbons (Fsp3) is 0.706. The Morgan fingerprint density at radius 1 is 1.46 bits per heavy atom. The van der Waals surface area contributed by atoms with E-state index in [0.717, 1.165) is 22.9 Å². The number of aryl methyl sites for hydroxylation is 1. The molecule has 0 bridgehead atoms. The summed E-state index contributed by atoms with van der Waals surface area (Å²) in [5.41, 5.74) is 0. The molecule has 1 aromatic heterocycles. The fourth-order valence-corrected chi connectivity index (χ4v) is 4.09. The molecule has 1 aromatic rings. The van der Waals surface area contributed by atoms with Crippen LogP contribution in [0.2, 0.25) is 0 Å². The van der Waals surface area contributed by atoms with E-state index in [4.69, 9.17) is 0 Å². The van der Waals surface area contributed by atoms with Gasteiger partial charge in [0.25, 0.3) is 0 Å². The van der Waals surface area contributed by atoms with Crippen LogP contribution in [-0.4, -0.2) is 44.3 Å². The lowest BCUT2D eigenvalue weighted by atomic mass is 9.95. The summed E-state index contributed by atoms with van der Waals surface area (Å²) in [5.74, 6) is 3.80. The van der Waals surface area contributed by atoms with Gasteiger partial charge in [-0.25, -0.2) is 4.99 Å². The summed E-state index contributed by atoms with van der Waals surface area (Å²) in [4.78, 5) is 4.69. The summed E-state index contributed by atoms with van der Waals surface area (Å²) in [6, 6.07) is 0.486. The molecule has 2 unspecified atom stereocenters. The van der Waals surface area contributed by atoms with Crippen LogP contribution in [0.3, 0.4) is 0 Å². The number of hydrogen-bond acceptors (Lipinski definition) is 4. The van der Waals surface area contributed by atoms with Crippen LogP contribution in [0.5, 0.6) is 0 Å². The lowest BCUT2D eigenvalue weighted by Crippen LogP contribution is -2.45. The minimum Gasteiger partial charge on any atom is -0.354 e. The highest BCUT2D eigenvalue weighted by Crippen LogP contribution is 2.28. The largest absolute Gasteiger partial charge is 0.354 e. The van der Waals surface area contributed by atoms with E-state index < -0.39 is 0 Å². The van der Waals surface area contributed by atoms with Gasteiger partial charge < -0.3 is 15.2 Å². The highest BCUT2D eigenvalue weighted by atomic mass is 32.2. The van der Waals surface area contributed by atoms with E-state index in [9.17, 15) is 0 Å². The van der Waals surface area contributed by atoms with Gasteiger partial charge in [0, 0.05) is 24.9 Å². The Balaban J connectivity index is 1.97. The van der Waals surface area contributed by atoms with Crippen LogP contribution in [0, 0.1) is 6.92 Å². The second-order valence-electron chi connectivity index (χ2n) is 6.14. The predicted octanol–water partition coefficient (Wildman–Crippen LogP) is 2.41. The summed E-state index contributed by atoms with van der Waals surface area (Å²) >= 11 is 2.08. The summed E-state index contributed by atoms with van der Waals surface area (Å²) < 4.78 is 1.98. The molecule has 0 radical (unpaired) electrons. The third kappa shape index (κ3) is 5.54. The zero-order valence-corrected chi connectivity index (χ0v) is 15.9. The maximum absolute atomic E-state index is 4.69. The third-order valence-electron chi connectivity index (χ3n) is 4.34. The summed E-state index contributed by atoms with van der Waals surface area (Å²) in [5, 5.41) is 15.9. The van der Waals surface area contributed by atoms with Crippen molar-refractivity contribution in [3.8, 4) is 0 Å². The number of guanidine groups is 1. The van der Waals surface area contributed by atoms with Crippen molar-refractivity contribution in [2.75, 3.05) is 12.3 Å². The maximum Gasteiger partial charge on any atom is 0.192 e. The molecule has 24 heavy (non-hydrogen) atoms. The van der Waals surface area contributed by atoms with Gasteiger partial charge in [-0.3, -0.25) is 0 Å². The van der Waals surface area contributed by atoms with E-state index in [1.54, 1.807) is 0 Å². The molecule has 0 aliphatic heterocycles. The number of thioether (sulfide) groups is 1. The number of hydrogen-bond donors (Lipinski definition) is 2. The zero-order chi connectivity index (χ0) is 17.4. The molecule has 2 rings (SSSR count). The minimum atomic E-state index is 0.486. The maximum atomic E-state index is 4.69. The quantitative estimate of drug-likeness (QED) is 0.449. The molecule has 0 amide bonds. The monoisotopic (exact) mass is 350 g/mol. The van der Waals surface area contributed by atoms with Crippen molar-refractivity contribution in [1.82, 2.24) is 25.4 Å². The lowest BCUT2D eigenvalue weighted by molar-refractivity contribution is 0.419. The molecule has 0 saturated heterocycles. The molecule has 134 valence electrons. The average molecular weight is 351 g/mol. The van der Waals surface area contributed by atoms with Crippen molar-refractivity contribution in [3.63, 3.8) is 0 Å². The van der Waals surface area contributed by atoms with Crippen LogP contribution in [0.15, 0.2) is 17.6 Å². The van der Waals surface area contributed by atoms with Gasteiger partial charge in [0.15, 0.2) is 11.8 Å². The molecule has 1 fully saturated rings. The molecule has 1 aliphatic rings. The van der Waals surface area contributed by atoms with Crippen molar-refractivity contribution >= 4 is 17.7 Å². The summed E-state index contributed by atoms with van der Waals surface area (Å²) in [6.07, 6.45) is 6.88. The molecule has 6 nitrogen and oxygen atoms in total. The topological polar surface area (TPSA) is 67.1 Å². The first-order valence-corrected chi connectivity index (χ1v) is 9.81. The van der Waals surface area contributed by atoms with Gasteiger partial charge in [-0.1, -0.05) is 19.4 Å². The van der Waals surface area contributed by atoms with E-state index >= 15 is 0 Å². The van der Waals surface area contributed by atoms with Gasteiger partial charge in [-0.2, -0.15) is 11.8 Å². The predicted molar refractivity (Wildman–Crippen MR) is 102 cm³/mol. The molecule has 1 saturated carbocycles. The van der Waals surface area contributed by atoms with E-state index in [0.29, 0.717) is 19.1 Å². The van der Waals surface area contributed by atoms with Gasteiger partial charge in [0.05, 0.1) is 0 Å². The minimum absolute atomic E-state index is 0.486. The molecular formula is C17H30N6S. The Kier molecular flexibility index (Phi) is 7.62. The van der Waals surface area contributed by atoms with Crippen molar-refractivity contribution in [2.45, 2.75) is 57.4 Å². The summed E-state index contributed by atoms with van der Waals surface area (Å²) in [6.45, 7) is 9.18. The van der Waals surface area contributed by atoms with Crippen LogP contribution >= 0.6 is 11.8 Å². The van der Waals surface area contributed by atoms with Crippen molar-refractivity contribution in [3.05, 3.63) is 24.3 Å². The fourth-order valence-electron chi connectivity index (χ4n) is 2.92. The van der Waals surface area contributed by atoms with Crippen LogP contribution in [0.4, 0.5) is 0 Å². The van der Waals surface area contributed by atoms with E-state index in [1.807, 2.05) is 24.6 Å². The van der Waals surface area contributed by atoms with Crippen LogP contribution in [-0.2, 0) is 13.6 Å². The number of nitrogens with zero attached hydrogens (tertiary/aromatic N) is 4. The highest BCUT2D eigenvalue weighted by Gasteiger charge is 2.22. The number of aliphatic imine (C=N–C) groups is 1. The van der Waals surface area contributed by atoms with Crippen molar-refractivity contribution in [2.24, 2.45) is 12.0 Å². The summed E-state index contributed by atoms with van der Waals surface area (Å²) in [7, 11) is 1.97. The Hall–Kier alpha value is -1.50. The van der Waals surface area contributed by atoms with Gasteiger partial charge in [-0.15, -0.1) is 16.8 Å². The van der Waals surface area contributed by atoms with Gasteiger partial charge in [0.1, 0.15) is 12.4 Å². The molecule has 1 heterocycles. The molecule has 1 aliphatic carbocycles. The molecule has 0 aromatic carbocycles. The second-order valence-corrected chi connectivity index (χ2v) is 7.72. The van der Waals surface area contributed by atoms with E-state index in [-0.39, 0.29) is 0 Å². The first kappa shape index (κ1) is 18.8. The van der Waals surface area contributed by atoms with Gasteiger partial charge in [0.2, 0.25) is 0 Å². The van der Waals surface area contributed by atoms with Crippen molar-refractivity contribution in [1.29, 1.82) is 0 Å². The van der Waals surface area contributed by atoms with Gasteiger partial charge >= 0.3 is 0 Å². The second kappa shape index (κ2) is 9.71. The number of rotatable bonds is 7. The Labute approximate surface area is 149 Å². The number of nitrogens with one attached hydrogen (secondary N) is 2. The Morgan fingerprint density at radius 3 is 2.96 bits per heavy atom. The Bertz CT molecular complexity index is 551. The SMILES string of the molecule is C=CCNC(=NCc1nnc(C)n1C)NC1CCCC(SCC)C1. The number of aromatic nitrogens is 3. The molecule has 2 N–H and O–H groups in total. The Morgan fingerprint density at radius 2 is 2.29 bits per heavy atom. The molecule has 2 atom stereocenters. The van der Waals surface area contributed by atoms with Crippen LogP contribution in [0.25, 0.3) is 0 Å². The normalized spacial score (nSPS) is 21.5. The molecule has 0 spiro atoms. The van der Waals surface area contributed by atoms with Crippen LogP contribution < -0.4 is 10.6 Å². The highest BCUT2D eigenvalue weighted by molar-refractivity contribution is 7.99. The first-order valence-electron chi connectivity index (χ1n) is 8.76.